The number of rotatable bonds is 14. The van der Waals surface area contributed by atoms with Crippen LogP contribution in [0.4, 0.5) is 0 Å². The Morgan fingerprint density at radius 2 is 1.17 bits per heavy atom. The van der Waals surface area contributed by atoms with Crippen LogP contribution >= 0.6 is 0 Å². The summed E-state index contributed by atoms with van der Waals surface area (Å²) in [6.07, 6.45) is 2.62. The van der Waals surface area contributed by atoms with Crippen LogP contribution in [0.15, 0.2) is 0 Å². The highest BCUT2D eigenvalue weighted by molar-refractivity contribution is 4.69. The van der Waals surface area contributed by atoms with Crippen LogP contribution in [0, 0.1) is 0 Å². The maximum Gasteiger partial charge on any atom is 0.285 e. The molecule has 0 amide bonds. The molecule has 29 heavy (non-hydrogen) atoms. The third kappa shape index (κ3) is 7.40. The van der Waals surface area contributed by atoms with Gasteiger partial charge in [0.05, 0.1) is 38.6 Å². The summed E-state index contributed by atoms with van der Waals surface area (Å²) >= 11 is 0. The van der Waals surface area contributed by atoms with E-state index in [4.69, 9.17) is 37.9 Å². The molecule has 8 heteroatoms. The Kier molecular flexibility index (Phi) is 10.2. The topological polar surface area (TPSA) is 73.8 Å². The van der Waals surface area contributed by atoms with Gasteiger partial charge in [0.2, 0.25) is 0 Å². The van der Waals surface area contributed by atoms with E-state index in [0.29, 0.717) is 58.5 Å². The zero-order chi connectivity index (χ0) is 21.3. The van der Waals surface area contributed by atoms with E-state index < -0.39 is 11.9 Å². The van der Waals surface area contributed by atoms with Crippen LogP contribution in [0.2, 0.25) is 0 Å². The van der Waals surface area contributed by atoms with Crippen molar-refractivity contribution in [2.45, 2.75) is 110 Å². The fourth-order valence-corrected chi connectivity index (χ4v) is 3.26. The quantitative estimate of drug-likeness (QED) is 0.309. The van der Waals surface area contributed by atoms with Crippen molar-refractivity contribution in [3.8, 4) is 0 Å². The molecule has 2 heterocycles. The molecule has 8 nitrogen and oxygen atoms in total. The molecule has 0 radical (unpaired) electrons. The van der Waals surface area contributed by atoms with E-state index in [1.54, 1.807) is 0 Å². The molecule has 2 fully saturated rings. The lowest BCUT2D eigenvalue weighted by atomic mass is 10.4. The number of ether oxygens (including phenoxy) is 8. The molecule has 0 aromatic carbocycles. The van der Waals surface area contributed by atoms with Crippen LogP contribution in [-0.4, -0.2) is 63.2 Å². The monoisotopic (exact) mass is 420 g/mol. The first-order valence-electron chi connectivity index (χ1n) is 11.1. The summed E-state index contributed by atoms with van der Waals surface area (Å²) < 4.78 is 46.7. The van der Waals surface area contributed by atoms with Gasteiger partial charge in [-0.1, -0.05) is 27.7 Å². The van der Waals surface area contributed by atoms with Gasteiger partial charge in [-0.05, 0) is 33.1 Å². The fraction of sp³-hybridized carbons (Fsp3) is 1.00. The standard InChI is InChI=1S/C21H40O8/c1-7-18(28-20(9-3)24-14-16(5)26-20)22-12-11-13-23-19(8-2)29-21(10-4)25-15-17(6)27-21/h16-19H,7-15H2,1-6H3. The Morgan fingerprint density at radius 1 is 0.759 bits per heavy atom. The van der Waals surface area contributed by atoms with Gasteiger partial charge in [-0.25, -0.2) is 0 Å². The molecule has 2 aliphatic rings. The largest absolute Gasteiger partial charge is 0.352 e. The predicted molar refractivity (Wildman–Crippen MR) is 106 cm³/mol. The maximum absolute atomic E-state index is 5.98. The minimum absolute atomic E-state index is 0.0223. The summed E-state index contributed by atoms with van der Waals surface area (Å²) in [5.74, 6) is -1.99. The predicted octanol–water partition coefficient (Wildman–Crippen LogP) is 3.91. The smallest absolute Gasteiger partial charge is 0.285 e. The van der Waals surface area contributed by atoms with E-state index in [1.165, 1.54) is 0 Å². The Hall–Kier alpha value is -0.320. The molecule has 172 valence electrons. The van der Waals surface area contributed by atoms with E-state index >= 15 is 0 Å². The molecule has 0 aromatic heterocycles. The highest BCUT2D eigenvalue weighted by atomic mass is 16.9. The number of hydrogen-bond acceptors (Lipinski definition) is 8. The molecule has 0 bridgehead atoms. The average molecular weight is 421 g/mol. The summed E-state index contributed by atoms with van der Waals surface area (Å²) in [7, 11) is 0. The van der Waals surface area contributed by atoms with Gasteiger partial charge in [0.25, 0.3) is 11.9 Å². The van der Waals surface area contributed by atoms with E-state index in [1.807, 2.05) is 41.5 Å². The molecule has 0 N–H and O–H groups in total. The van der Waals surface area contributed by atoms with Crippen LogP contribution in [-0.2, 0) is 37.9 Å². The van der Waals surface area contributed by atoms with Crippen LogP contribution in [0.25, 0.3) is 0 Å². The van der Waals surface area contributed by atoms with Gasteiger partial charge in [0.15, 0.2) is 12.6 Å². The molecule has 2 aliphatic heterocycles. The van der Waals surface area contributed by atoms with Gasteiger partial charge in [0, 0.05) is 12.8 Å². The summed E-state index contributed by atoms with van der Waals surface area (Å²) in [6, 6.07) is 0. The third-order valence-electron chi connectivity index (χ3n) is 4.89. The van der Waals surface area contributed by atoms with Crippen molar-refractivity contribution in [2.75, 3.05) is 26.4 Å². The van der Waals surface area contributed by atoms with Gasteiger partial charge in [-0.2, -0.15) is 0 Å². The highest BCUT2D eigenvalue weighted by Gasteiger charge is 2.43. The highest BCUT2D eigenvalue weighted by Crippen LogP contribution is 2.31. The van der Waals surface area contributed by atoms with Gasteiger partial charge in [0.1, 0.15) is 0 Å². The lowest BCUT2D eigenvalue weighted by Crippen LogP contribution is -2.39. The molecule has 2 rings (SSSR count). The van der Waals surface area contributed by atoms with Crippen LogP contribution in [0.1, 0.15) is 73.6 Å². The zero-order valence-electron chi connectivity index (χ0n) is 18.9. The minimum atomic E-state index is -0.995. The minimum Gasteiger partial charge on any atom is -0.352 e. The van der Waals surface area contributed by atoms with Crippen molar-refractivity contribution in [3.05, 3.63) is 0 Å². The summed E-state index contributed by atoms with van der Waals surface area (Å²) in [4.78, 5) is 0. The molecular weight excluding hydrogens is 380 g/mol. The molecular formula is C21H40O8. The van der Waals surface area contributed by atoms with E-state index in [9.17, 15) is 0 Å². The summed E-state index contributed by atoms with van der Waals surface area (Å²) in [6.45, 7) is 14.0. The van der Waals surface area contributed by atoms with Crippen molar-refractivity contribution in [3.63, 3.8) is 0 Å². The van der Waals surface area contributed by atoms with Crippen LogP contribution in [0.3, 0.4) is 0 Å². The first kappa shape index (κ1) is 24.9. The first-order chi connectivity index (χ1) is 13.9. The molecule has 6 atom stereocenters. The van der Waals surface area contributed by atoms with Crippen molar-refractivity contribution >= 4 is 0 Å². The Balaban J connectivity index is 1.67. The number of hydrogen-bond donors (Lipinski definition) is 0. The van der Waals surface area contributed by atoms with Gasteiger partial charge < -0.3 is 28.4 Å². The Labute approximate surface area is 175 Å². The zero-order valence-corrected chi connectivity index (χ0v) is 18.9. The third-order valence-corrected chi connectivity index (χ3v) is 4.89. The molecule has 0 aliphatic carbocycles. The van der Waals surface area contributed by atoms with Gasteiger partial charge in [-0.15, -0.1) is 0 Å². The van der Waals surface area contributed by atoms with Crippen LogP contribution < -0.4 is 0 Å². The molecule has 0 spiro atoms. The lowest BCUT2D eigenvalue weighted by Gasteiger charge is -2.31. The van der Waals surface area contributed by atoms with Crippen molar-refractivity contribution < 1.29 is 37.9 Å². The summed E-state index contributed by atoms with van der Waals surface area (Å²) in [5, 5.41) is 0. The average Bonchev–Trinajstić information content (AvgIpc) is 3.29. The van der Waals surface area contributed by atoms with Crippen molar-refractivity contribution in [1.82, 2.24) is 0 Å². The second kappa shape index (κ2) is 11.9. The normalized spacial score (nSPS) is 34.6. The van der Waals surface area contributed by atoms with Crippen LogP contribution in [0.5, 0.6) is 0 Å². The second-order valence-electron chi connectivity index (χ2n) is 7.56. The van der Waals surface area contributed by atoms with E-state index in [0.717, 1.165) is 0 Å². The summed E-state index contributed by atoms with van der Waals surface area (Å²) in [5.41, 5.74) is 0. The van der Waals surface area contributed by atoms with Gasteiger partial charge >= 0.3 is 0 Å². The van der Waals surface area contributed by atoms with E-state index in [-0.39, 0.29) is 24.8 Å². The Bertz CT molecular complexity index is 424. The van der Waals surface area contributed by atoms with Gasteiger partial charge in [-0.3, -0.25) is 9.47 Å². The molecule has 2 saturated heterocycles. The lowest BCUT2D eigenvalue weighted by molar-refractivity contribution is -0.388. The second-order valence-corrected chi connectivity index (χ2v) is 7.56. The molecule has 0 aromatic rings. The molecule has 6 unspecified atom stereocenters. The fourth-order valence-electron chi connectivity index (χ4n) is 3.26. The van der Waals surface area contributed by atoms with E-state index in [2.05, 4.69) is 0 Å². The molecule has 0 saturated carbocycles. The SMILES string of the molecule is CCC(OCCCOC(CC)OC1(CC)OCC(C)O1)OC1(CC)OCC(C)O1. The Morgan fingerprint density at radius 3 is 1.45 bits per heavy atom. The maximum atomic E-state index is 5.98. The van der Waals surface area contributed by atoms with Crippen molar-refractivity contribution in [1.29, 1.82) is 0 Å². The first-order valence-corrected chi connectivity index (χ1v) is 11.1. The van der Waals surface area contributed by atoms with Crippen molar-refractivity contribution in [2.24, 2.45) is 0 Å².